The number of ketones is 1. The summed E-state index contributed by atoms with van der Waals surface area (Å²) in [7, 11) is 0. The fourth-order valence-corrected chi connectivity index (χ4v) is 3.78. The van der Waals surface area contributed by atoms with Crippen LogP contribution in [0.2, 0.25) is 5.02 Å². The number of allylic oxidation sites excluding steroid dienone is 1. The number of aromatic hydroxyl groups is 1. The van der Waals surface area contributed by atoms with Gasteiger partial charge in [-0.15, -0.1) is 0 Å². The second-order valence-electron chi connectivity index (χ2n) is 6.93. The lowest BCUT2D eigenvalue weighted by molar-refractivity contribution is -0.921. The molecule has 0 spiro atoms. The second-order valence-corrected chi connectivity index (χ2v) is 7.37. The Morgan fingerprint density at radius 3 is 2.78 bits per heavy atom. The molecule has 1 saturated heterocycles. The van der Waals surface area contributed by atoms with Crippen molar-refractivity contribution in [1.29, 1.82) is 0 Å². The lowest BCUT2D eigenvalue weighted by atomic mass is 9.99. The van der Waals surface area contributed by atoms with Crippen LogP contribution < -0.4 is 9.64 Å². The topological polar surface area (TPSA) is 60.2 Å². The highest BCUT2D eigenvalue weighted by atomic mass is 35.5. The number of aryl methyl sites for hydroxylation is 1. The number of phenolic OH excluding ortho intramolecular Hbond substituents is 1. The summed E-state index contributed by atoms with van der Waals surface area (Å²) in [5.41, 5.74) is 2.71. The number of benzene rings is 2. The summed E-state index contributed by atoms with van der Waals surface area (Å²) in [6, 6.07) is 8.89. The average molecular weight is 387 g/mol. The fourth-order valence-electron chi connectivity index (χ4n) is 3.59. The third-order valence-corrected chi connectivity index (χ3v) is 5.23. The van der Waals surface area contributed by atoms with Crippen LogP contribution in [0.3, 0.4) is 0 Å². The van der Waals surface area contributed by atoms with Gasteiger partial charge in [-0.1, -0.05) is 23.7 Å². The average Bonchev–Trinajstić information content (AvgIpc) is 2.96. The molecule has 2 heterocycles. The molecule has 2 N–H and O–H groups in total. The SMILES string of the molecule is Cc1cc(O)c(C[NH+]2CCOCC2)c2c1C(=O)/C(=C/c1cccc(Cl)c1)O2. The Hall–Kier alpha value is -2.34. The maximum absolute atomic E-state index is 12.9. The van der Waals surface area contributed by atoms with E-state index >= 15 is 0 Å². The van der Waals surface area contributed by atoms with Gasteiger partial charge in [0.25, 0.3) is 0 Å². The minimum absolute atomic E-state index is 0.166. The Kier molecular flexibility index (Phi) is 4.91. The molecule has 2 aliphatic rings. The maximum atomic E-state index is 12.9. The van der Waals surface area contributed by atoms with Gasteiger partial charge in [0.2, 0.25) is 5.78 Å². The van der Waals surface area contributed by atoms with Crippen LogP contribution in [0.4, 0.5) is 0 Å². The molecule has 1 fully saturated rings. The number of carbonyl (C=O) groups excluding carboxylic acids is 1. The van der Waals surface area contributed by atoms with E-state index in [1.807, 2.05) is 19.1 Å². The van der Waals surface area contributed by atoms with Gasteiger partial charge in [-0.3, -0.25) is 4.79 Å². The molecular formula is C21H21ClNO4+. The van der Waals surface area contributed by atoms with Crippen molar-refractivity contribution in [1.82, 2.24) is 0 Å². The van der Waals surface area contributed by atoms with Crippen molar-refractivity contribution in [3.63, 3.8) is 0 Å². The molecule has 6 heteroatoms. The van der Waals surface area contributed by atoms with Gasteiger partial charge in [0.05, 0.1) is 24.3 Å². The summed E-state index contributed by atoms with van der Waals surface area (Å²) in [6.07, 6.45) is 1.69. The van der Waals surface area contributed by atoms with Crippen molar-refractivity contribution in [3.8, 4) is 11.5 Å². The van der Waals surface area contributed by atoms with Crippen LogP contribution in [-0.2, 0) is 11.3 Å². The lowest BCUT2D eigenvalue weighted by Crippen LogP contribution is -3.12. The molecule has 140 valence electrons. The molecule has 0 radical (unpaired) electrons. The van der Waals surface area contributed by atoms with Gasteiger partial charge >= 0.3 is 0 Å². The van der Waals surface area contributed by atoms with Gasteiger partial charge in [0.1, 0.15) is 25.4 Å². The molecular weight excluding hydrogens is 366 g/mol. The van der Waals surface area contributed by atoms with Crippen molar-refractivity contribution in [2.24, 2.45) is 0 Å². The first kappa shape index (κ1) is 18.0. The van der Waals surface area contributed by atoms with E-state index in [0.29, 0.717) is 47.2 Å². The first-order valence-corrected chi connectivity index (χ1v) is 9.37. The highest BCUT2D eigenvalue weighted by molar-refractivity contribution is 6.30. The van der Waals surface area contributed by atoms with Crippen LogP contribution in [-0.4, -0.2) is 37.2 Å². The van der Waals surface area contributed by atoms with E-state index in [1.54, 1.807) is 24.3 Å². The van der Waals surface area contributed by atoms with Crippen molar-refractivity contribution >= 4 is 23.5 Å². The fraction of sp³-hybridized carbons (Fsp3) is 0.286. The van der Waals surface area contributed by atoms with E-state index in [4.69, 9.17) is 21.1 Å². The molecule has 2 aromatic rings. The minimum atomic E-state index is -0.166. The molecule has 2 aliphatic heterocycles. The van der Waals surface area contributed by atoms with Crippen LogP contribution in [0.25, 0.3) is 6.08 Å². The van der Waals surface area contributed by atoms with Crippen molar-refractivity contribution in [3.05, 3.63) is 63.4 Å². The summed E-state index contributed by atoms with van der Waals surface area (Å²) in [5.74, 6) is 0.728. The smallest absolute Gasteiger partial charge is 0.232 e. The summed E-state index contributed by atoms with van der Waals surface area (Å²) < 4.78 is 11.4. The molecule has 0 atom stereocenters. The Morgan fingerprint density at radius 2 is 2.04 bits per heavy atom. The Bertz CT molecular complexity index is 932. The number of rotatable bonds is 3. The van der Waals surface area contributed by atoms with Gasteiger partial charge in [0, 0.05) is 5.02 Å². The molecule has 27 heavy (non-hydrogen) atoms. The zero-order valence-corrected chi connectivity index (χ0v) is 15.8. The normalized spacial score (nSPS) is 18.6. The Labute approximate surface area is 162 Å². The number of ether oxygens (including phenoxy) is 2. The third-order valence-electron chi connectivity index (χ3n) is 4.99. The number of nitrogens with one attached hydrogen (secondary N) is 1. The maximum Gasteiger partial charge on any atom is 0.232 e. The van der Waals surface area contributed by atoms with Gasteiger partial charge in [0.15, 0.2) is 11.5 Å². The van der Waals surface area contributed by atoms with Crippen molar-refractivity contribution in [2.75, 3.05) is 26.3 Å². The van der Waals surface area contributed by atoms with Gasteiger partial charge in [-0.05, 0) is 42.3 Å². The lowest BCUT2D eigenvalue weighted by Gasteiger charge is -2.24. The highest BCUT2D eigenvalue weighted by Gasteiger charge is 2.34. The van der Waals surface area contributed by atoms with E-state index in [0.717, 1.165) is 18.7 Å². The molecule has 2 aromatic carbocycles. The van der Waals surface area contributed by atoms with E-state index in [-0.39, 0.29) is 17.3 Å². The molecule has 0 amide bonds. The predicted molar refractivity (Wildman–Crippen MR) is 102 cm³/mol. The molecule has 0 aliphatic carbocycles. The third kappa shape index (κ3) is 3.58. The number of quaternary nitrogens is 1. The highest BCUT2D eigenvalue weighted by Crippen LogP contribution is 2.41. The van der Waals surface area contributed by atoms with Crippen molar-refractivity contribution < 1.29 is 24.3 Å². The van der Waals surface area contributed by atoms with E-state index < -0.39 is 0 Å². The van der Waals surface area contributed by atoms with Gasteiger partial charge in [-0.25, -0.2) is 0 Å². The Balaban J connectivity index is 1.71. The molecule has 0 unspecified atom stereocenters. The number of morpholine rings is 1. The van der Waals surface area contributed by atoms with Gasteiger partial charge in [-0.2, -0.15) is 0 Å². The number of hydrogen-bond acceptors (Lipinski definition) is 4. The molecule has 5 nitrogen and oxygen atoms in total. The standard InChI is InChI=1S/C21H20ClNO4/c1-13-9-17(24)16(12-23-5-7-26-8-6-23)21-19(13)20(25)18(27-21)11-14-3-2-4-15(22)10-14/h2-4,9-11,24H,5-8,12H2,1H3/p+1/b18-11-. The molecule has 0 aromatic heterocycles. The molecule has 0 bridgehead atoms. The first-order chi connectivity index (χ1) is 13.0. The summed E-state index contributed by atoms with van der Waals surface area (Å²) in [5, 5.41) is 11.1. The van der Waals surface area contributed by atoms with Crippen LogP contribution >= 0.6 is 11.6 Å². The predicted octanol–water partition coefficient (Wildman–Crippen LogP) is 2.39. The van der Waals surface area contributed by atoms with Crippen LogP contribution in [0.5, 0.6) is 11.5 Å². The van der Waals surface area contributed by atoms with E-state index in [1.165, 1.54) is 4.90 Å². The summed E-state index contributed by atoms with van der Waals surface area (Å²) >= 11 is 6.03. The number of carbonyl (C=O) groups is 1. The summed E-state index contributed by atoms with van der Waals surface area (Å²) in [4.78, 5) is 14.2. The van der Waals surface area contributed by atoms with Crippen LogP contribution in [0.1, 0.15) is 27.0 Å². The zero-order chi connectivity index (χ0) is 19.0. The Morgan fingerprint density at radius 1 is 1.26 bits per heavy atom. The minimum Gasteiger partial charge on any atom is -0.507 e. The monoisotopic (exact) mass is 386 g/mol. The van der Waals surface area contributed by atoms with E-state index in [9.17, 15) is 9.90 Å². The largest absolute Gasteiger partial charge is 0.507 e. The number of Topliss-reactive ketones (excluding diaryl/α,β-unsaturated/α-hetero) is 1. The second kappa shape index (κ2) is 7.35. The number of halogens is 1. The first-order valence-electron chi connectivity index (χ1n) is 8.99. The number of fused-ring (bicyclic) bond motifs is 1. The van der Waals surface area contributed by atoms with Crippen molar-refractivity contribution in [2.45, 2.75) is 13.5 Å². The molecule has 4 rings (SSSR count). The van der Waals surface area contributed by atoms with Crippen LogP contribution in [0, 0.1) is 6.92 Å². The number of phenols is 1. The number of hydrogen-bond donors (Lipinski definition) is 2. The quantitative estimate of drug-likeness (QED) is 0.795. The summed E-state index contributed by atoms with van der Waals surface area (Å²) in [6.45, 7) is 5.53. The zero-order valence-electron chi connectivity index (χ0n) is 15.0. The van der Waals surface area contributed by atoms with Gasteiger partial charge < -0.3 is 19.5 Å². The molecule has 0 saturated carbocycles. The van der Waals surface area contributed by atoms with Crippen LogP contribution in [0.15, 0.2) is 36.1 Å². The van der Waals surface area contributed by atoms with E-state index in [2.05, 4.69) is 0 Å².